The van der Waals surface area contributed by atoms with Gasteiger partial charge in [0.05, 0.1) is 6.04 Å². The zero-order valence-corrected chi connectivity index (χ0v) is 36.3. The van der Waals surface area contributed by atoms with E-state index in [9.17, 15) is 28.8 Å². The van der Waals surface area contributed by atoms with Crippen LogP contribution in [-0.4, -0.2) is 94.8 Å². The number of carbonyl (C=O) groups is 6. The number of esters is 2. The highest BCUT2D eigenvalue weighted by Gasteiger charge is 2.39. The van der Waals surface area contributed by atoms with Gasteiger partial charge in [0, 0.05) is 43.1 Å². The minimum atomic E-state index is -0.973. The van der Waals surface area contributed by atoms with Gasteiger partial charge in [-0.15, -0.1) is 11.3 Å². The first-order valence-corrected chi connectivity index (χ1v) is 21.4. The lowest BCUT2D eigenvalue weighted by Crippen LogP contribution is -2.59. The molecule has 1 aliphatic heterocycles. The van der Waals surface area contributed by atoms with E-state index in [1.807, 2.05) is 76.9 Å². The van der Waals surface area contributed by atoms with Gasteiger partial charge >= 0.3 is 11.9 Å². The average Bonchev–Trinajstić information content (AvgIpc) is 3.69. The Morgan fingerprint density at radius 3 is 2.33 bits per heavy atom. The number of nitrogens with two attached hydrogens (primary N) is 1. The maximum Gasteiger partial charge on any atom is 0.307 e. The number of thiazole rings is 1. The van der Waals surface area contributed by atoms with E-state index in [1.165, 1.54) is 11.8 Å². The Bertz CT molecular complexity index is 1660. The molecule has 1 aliphatic rings. The topological polar surface area (TPSA) is 202 Å². The molecular weight excluding hydrogens is 763 g/mol. The first kappa shape index (κ1) is 48.0. The molecule has 58 heavy (non-hydrogen) atoms. The molecule has 16 heteroatoms. The van der Waals surface area contributed by atoms with E-state index in [0.717, 1.165) is 36.3 Å². The van der Waals surface area contributed by atoms with Crippen LogP contribution in [0.4, 0.5) is 0 Å². The molecule has 0 aliphatic carbocycles. The fourth-order valence-corrected chi connectivity index (χ4v) is 8.04. The summed E-state index contributed by atoms with van der Waals surface area (Å²) in [6.07, 6.45) is 3.79. The van der Waals surface area contributed by atoms with Crippen LogP contribution in [0.3, 0.4) is 0 Å². The number of aromatic nitrogens is 1. The van der Waals surface area contributed by atoms with Gasteiger partial charge in [0.1, 0.15) is 16.7 Å². The van der Waals surface area contributed by atoms with Gasteiger partial charge in [-0.2, -0.15) is 0 Å². The van der Waals surface area contributed by atoms with Crippen molar-refractivity contribution in [2.75, 3.05) is 20.3 Å². The van der Waals surface area contributed by atoms with Crippen LogP contribution < -0.4 is 21.9 Å². The molecule has 0 radical (unpaired) electrons. The van der Waals surface area contributed by atoms with Crippen molar-refractivity contribution >= 4 is 46.9 Å². The minimum absolute atomic E-state index is 0.0672. The summed E-state index contributed by atoms with van der Waals surface area (Å²) >= 11 is 1.14. The van der Waals surface area contributed by atoms with Crippen molar-refractivity contribution < 1.29 is 38.2 Å². The number of likely N-dealkylation sites (tertiary alicyclic amines) is 1. The Morgan fingerprint density at radius 1 is 1.02 bits per heavy atom. The molecule has 0 bridgehead atoms. The number of likely N-dealkylation sites (N-methyl/N-ethyl adjacent to an activating group) is 1. The summed E-state index contributed by atoms with van der Waals surface area (Å²) in [7, 11) is 1.91. The van der Waals surface area contributed by atoms with Gasteiger partial charge in [0.15, 0.2) is 12.8 Å². The van der Waals surface area contributed by atoms with Crippen LogP contribution in [0.5, 0.6) is 0 Å². The number of nitrogens with one attached hydrogen (secondary N) is 3. The normalized spacial score (nSPS) is 17.5. The molecule has 0 saturated carbocycles. The van der Waals surface area contributed by atoms with E-state index >= 15 is 0 Å². The monoisotopic (exact) mass is 827 g/mol. The van der Waals surface area contributed by atoms with Gasteiger partial charge in [0.25, 0.3) is 5.91 Å². The molecule has 4 amide bonds. The van der Waals surface area contributed by atoms with Gasteiger partial charge in [0.2, 0.25) is 17.7 Å². The molecular formula is C42H65N7O8S. The second kappa shape index (κ2) is 23.9. The summed E-state index contributed by atoms with van der Waals surface area (Å²) < 4.78 is 11.5. The summed E-state index contributed by atoms with van der Waals surface area (Å²) in [5, 5.41) is 8.00. The van der Waals surface area contributed by atoms with Crippen LogP contribution in [0.15, 0.2) is 35.7 Å². The number of hydrogen-bond donors (Lipinski definition) is 4. The highest BCUT2D eigenvalue weighted by Crippen LogP contribution is 2.32. The number of benzene rings is 1. The Balaban J connectivity index is 1.95. The van der Waals surface area contributed by atoms with E-state index in [0.29, 0.717) is 37.1 Å². The summed E-state index contributed by atoms with van der Waals surface area (Å²) in [5.74, 6) is 1.90. The van der Waals surface area contributed by atoms with E-state index < -0.39 is 53.9 Å². The lowest BCUT2D eigenvalue weighted by Gasteiger charge is -2.39. The SMILES string of the molecule is CCCC(=O)OCN(C(=O)C(NC(=O)C1CCCCN1C)C(C)CC)C(CC(OC(C)=O)c1nc(C(=O)NC(Cc2ccccc2)CC(C)C(=O)NN)cs1)C(C)C. The predicted molar refractivity (Wildman–Crippen MR) is 222 cm³/mol. The maximum absolute atomic E-state index is 14.8. The largest absolute Gasteiger partial charge is 0.455 e. The second-order valence-corrected chi connectivity index (χ2v) is 16.7. The van der Waals surface area contributed by atoms with Gasteiger partial charge in [-0.1, -0.05) is 84.7 Å². The lowest BCUT2D eigenvalue weighted by molar-refractivity contribution is -0.160. The van der Waals surface area contributed by atoms with Gasteiger partial charge in [-0.3, -0.25) is 39.1 Å². The number of ether oxygens (including phenoxy) is 2. The van der Waals surface area contributed by atoms with Gasteiger partial charge in [-0.05, 0) is 63.1 Å². The molecule has 2 aromatic rings. The van der Waals surface area contributed by atoms with E-state index in [-0.39, 0.29) is 55.0 Å². The fraction of sp³-hybridized carbons (Fsp3) is 0.643. The molecule has 7 atom stereocenters. The Kier molecular flexibility index (Phi) is 19.7. The van der Waals surface area contributed by atoms with E-state index in [1.54, 1.807) is 12.3 Å². The third-order valence-electron chi connectivity index (χ3n) is 10.8. The van der Waals surface area contributed by atoms with Crippen molar-refractivity contribution in [2.24, 2.45) is 23.6 Å². The second-order valence-electron chi connectivity index (χ2n) is 15.8. The van der Waals surface area contributed by atoms with Crippen molar-refractivity contribution in [1.29, 1.82) is 0 Å². The predicted octanol–water partition coefficient (Wildman–Crippen LogP) is 4.66. The van der Waals surface area contributed by atoms with Crippen molar-refractivity contribution in [1.82, 2.24) is 30.8 Å². The highest BCUT2D eigenvalue weighted by molar-refractivity contribution is 7.09. The average molecular weight is 828 g/mol. The van der Waals surface area contributed by atoms with E-state index in [2.05, 4.69) is 21.0 Å². The maximum atomic E-state index is 14.8. The summed E-state index contributed by atoms with van der Waals surface area (Å²) in [4.78, 5) is 87.8. The van der Waals surface area contributed by atoms with Crippen molar-refractivity contribution in [2.45, 2.75) is 137 Å². The molecule has 1 fully saturated rings. The highest BCUT2D eigenvalue weighted by atomic mass is 32.1. The van der Waals surface area contributed by atoms with E-state index in [4.69, 9.17) is 15.3 Å². The molecule has 322 valence electrons. The molecule has 5 N–H and O–H groups in total. The number of hydrogen-bond acceptors (Lipinski definition) is 12. The minimum Gasteiger partial charge on any atom is -0.455 e. The molecule has 1 aromatic heterocycles. The van der Waals surface area contributed by atoms with Crippen LogP contribution in [0.25, 0.3) is 0 Å². The number of nitrogens with zero attached hydrogens (tertiary/aromatic N) is 3. The van der Waals surface area contributed by atoms with Crippen molar-refractivity contribution in [3.05, 3.63) is 52.0 Å². The summed E-state index contributed by atoms with van der Waals surface area (Å²) in [5.41, 5.74) is 3.24. The summed E-state index contributed by atoms with van der Waals surface area (Å²) in [6.45, 7) is 13.0. The zero-order valence-electron chi connectivity index (χ0n) is 35.5. The first-order valence-electron chi connectivity index (χ1n) is 20.5. The third-order valence-corrected chi connectivity index (χ3v) is 11.7. The molecule has 3 rings (SSSR count). The summed E-state index contributed by atoms with van der Waals surface area (Å²) in [6, 6.07) is 7.21. The zero-order chi connectivity index (χ0) is 42.9. The third kappa shape index (κ3) is 14.5. The van der Waals surface area contributed by atoms with Gasteiger partial charge in [-0.25, -0.2) is 10.8 Å². The fourth-order valence-electron chi connectivity index (χ4n) is 7.20. The quantitative estimate of drug-likeness (QED) is 0.0423. The van der Waals surface area contributed by atoms with Crippen LogP contribution in [0, 0.1) is 17.8 Å². The van der Waals surface area contributed by atoms with Gasteiger partial charge < -0.3 is 25.0 Å². The molecule has 0 spiro atoms. The van der Waals surface area contributed by atoms with Crippen molar-refractivity contribution in [3.8, 4) is 0 Å². The number of carbonyl (C=O) groups excluding carboxylic acids is 6. The van der Waals surface area contributed by atoms with Crippen LogP contribution in [-0.2, 0) is 39.9 Å². The molecule has 1 saturated heterocycles. The van der Waals surface area contributed by atoms with Crippen LogP contribution in [0.2, 0.25) is 0 Å². The number of hydrazine groups is 1. The number of amides is 4. The number of piperidine rings is 1. The number of rotatable bonds is 22. The Morgan fingerprint density at radius 2 is 1.72 bits per heavy atom. The first-order chi connectivity index (χ1) is 27.6. The Hall–Kier alpha value is -4.41. The molecule has 2 heterocycles. The van der Waals surface area contributed by atoms with Crippen LogP contribution >= 0.6 is 11.3 Å². The van der Waals surface area contributed by atoms with Crippen LogP contribution in [0.1, 0.15) is 127 Å². The molecule has 1 aromatic carbocycles. The Labute approximate surface area is 347 Å². The molecule has 7 unspecified atom stereocenters. The smallest absolute Gasteiger partial charge is 0.307 e. The van der Waals surface area contributed by atoms with Crippen molar-refractivity contribution in [3.63, 3.8) is 0 Å². The molecule has 15 nitrogen and oxygen atoms in total. The lowest BCUT2D eigenvalue weighted by atomic mass is 9.92. The standard InChI is InChI=1S/C42H65N7O8S/c1-9-16-36(51)56-25-49(42(55)37(27(5)10-2)46-40(54)33-19-14-15-20-48(33)8)34(26(3)4)23-35(57-29(7)50)41-45-32(24-58-41)39(53)44-31(21-28(6)38(52)47-43)22-30-17-12-11-13-18-30/h11-13,17-18,24,26-28,31,33-35,37H,9-10,14-16,19-23,25,43H2,1-8H3,(H,44,53)(H,46,54)(H,47,52).